The molecule has 1 aliphatic rings. The molecular weight excluding hydrogens is 210 g/mol. The van der Waals surface area contributed by atoms with Crippen LogP contribution in [0.1, 0.15) is 31.7 Å². The molecular formula is C14H21N3. The van der Waals surface area contributed by atoms with Crippen LogP contribution in [0.3, 0.4) is 0 Å². The van der Waals surface area contributed by atoms with Crippen molar-refractivity contribution in [3.05, 3.63) is 29.8 Å². The predicted molar refractivity (Wildman–Crippen MR) is 73.5 cm³/mol. The minimum absolute atomic E-state index is 0.441. The first-order chi connectivity index (χ1) is 8.22. The molecule has 0 aromatic heterocycles. The number of hydrogen-bond acceptors (Lipinski definition) is 3. The van der Waals surface area contributed by atoms with E-state index in [0.717, 1.165) is 13.0 Å². The molecule has 0 saturated carbocycles. The Hall–Kier alpha value is -1.51. The Labute approximate surface area is 103 Å². The molecule has 1 heterocycles. The van der Waals surface area contributed by atoms with Gasteiger partial charge in [-0.3, -0.25) is 4.99 Å². The van der Waals surface area contributed by atoms with Gasteiger partial charge in [0.1, 0.15) is 0 Å². The van der Waals surface area contributed by atoms with Crippen molar-refractivity contribution < 1.29 is 0 Å². The van der Waals surface area contributed by atoms with Crippen LogP contribution in [-0.2, 0) is 0 Å². The Bertz CT molecular complexity index is 412. The molecule has 92 valence electrons. The summed E-state index contributed by atoms with van der Waals surface area (Å²) >= 11 is 0. The molecule has 0 spiro atoms. The molecule has 2 N–H and O–H groups in total. The van der Waals surface area contributed by atoms with E-state index < -0.39 is 0 Å². The lowest BCUT2D eigenvalue weighted by Gasteiger charge is -2.26. The van der Waals surface area contributed by atoms with Gasteiger partial charge < -0.3 is 10.6 Å². The van der Waals surface area contributed by atoms with Gasteiger partial charge >= 0.3 is 0 Å². The Morgan fingerprint density at radius 3 is 3.00 bits per heavy atom. The third kappa shape index (κ3) is 2.60. The normalized spacial score (nSPS) is 19.5. The molecule has 0 radical (unpaired) electrons. The lowest BCUT2D eigenvalue weighted by atomic mass is 10.1. The highest BCUT2D eigenvalue weighted by Gasteiger charge is 2.26. The predicted octanol–water partition coefficient (Wildman–Crippen LogP) is 2.69. The number of benzene rings is 1. The van der Waals surface area contributed by atoms with Crippen LogP contribution in [0.15, 0.2) is 29.3 Å². The molecule has 3 nitrogen and oxygen atoms in total. The molecule has 1 unspecified atom stereocenters. The van der Waals surface area contributed by atoms with E-state index in [0.29, 0.717) is 12.0 Å². The number of aliphatic imine (C=N–C) groups is 1. The molecule has 3 heteroatoms. The molecule has 0 fully saturated rings. The standard InChI is InChI=1S/C14H21N3/c1-3-4-7-13-10-16-14(15)17(13)12-8-5-6-11(2)9-12/h5-6,8-9,13H,3-4,7,10H2,1-2H3,(H2,15,16). The highest BCUT2D eigenvalue weighted by Crippen LogP contribution is 2.24. The molecule has 0 amide bonds. The zero-order valence-electron chi connectivity index (χ0n) is 10.7. The van der Waals surface area contributed by atoms with Gasteiger partial charge in [-0.2, -0.15) is 0 Å². The van der Waals surface area contributed by atoms with Crippen molar-refractivity contribution >= 4 is 11.6 Å². The van der Waals surface area contributed by atoms with Gasteiger partial charge in [0.05, 0.1) is 12.6 Å². The fourth-order valence-corrected chi connectivity index (χ4v) is 2.32. The van der Waals surface area contributed by atoms with Crippen molar-refractivity contribution in [2.45, 2.75) is 39.2 Å². The Balaban J connectivity index is 2.18. The minimum atomic E-state index is 0.441. The van der Waals surface area contributed by atoms with Gasteiger partial charge in [0, 0.05) is 5.69 Å². The van der Waals surface area contributed by atoms with Gasteiger partial charge in [-0.05, 0) is 31.0 Å². The Morgan fingerprint density at radius 2 is 2.29 bits per heavy atom. The maximum Gasteiger partial charge on any atom is 0.196 e. The lowest BCUT2D eigenvalue weighted by molar-refractivity contribution is 0.600. The van der Waals surface area contributed by atoms with E-state index in [2.05, 4.69) is 48.0 Å². The maximum atomic E-state index is 6.00. The monoisotopic (exact) mass is 231 g/mol. The van der Waals surface area contributed by atoms with Crippen molar-refractivity contribution in [3.63, 3.8) is 0 Å². The van der Waals surface area contributed by atoms with E-state index in [4.69, 9.17) is 5.73 Å². The number of unbranched alkanes of at least 4 members (excludes halogenated alkanes) is 1. The fraction of sp³-hybridized carbons (Fsp3) is 0.500. The number of nitrogens with two attached hydrogens (primary N) is 1. The molecule has 0 saturated heterocycles. The van der Waals surface area contributed by atoms with E-state index in [1.807, 2.05) is 0 Å². The van der Waals surface area contributed by atoms with Crippen LogP contribution in [0.4, 0.5) is 5.69 Å². The van der Waals surface area contributed by atoms with Gasteiger partial charge in [-0.1, -0.05) is 31.9 Å². The van der Waals surface area contributed by atoms with Crippen molar-refractivity contribution in [2.24, 2.45) is 10.7 Å². The molecule has 1 aliphatic heterocycles. The van der Waals surface area contributed by atoms with Crippen LogP contribution >= 0.6 is 0 Å². The van der Waals surface area contributed by atoms with Crippen LogP contribution in [-0.4, -0.2) is 18.5 Å². The highest BCUT2D eigenvalue weighted by atomic mass is 15.3. The number of anilines is 1. The van der Waals surface area contributed by atoms with Crippen LogP contribution in [0.25, 0.3) is 0 Å². The number of guanidine groups is 1. The second kappa shape index (κ2) is 5.21. The lowest BCUT2D eigenvalue weighted by Crippen LogP contribution is -2.40. The topological polar surface area (TPSA) is 41.6 Å². The number of hydrogen-bond donors (Lipinski definition) is 1. The van der Waals surface area contributed by atoms with Gasteiger partial charge in [0.25, 0.3) is 0 Å². The molecule has 0 bridgehead atoms. The van der Waals surface area contributed by atoms with Crippen molar-refractivity contribution in [2.75, 3.05) is 11.4 Å². The average molecular weight is 231 g/mol. The second-order valence-electron chi connectivity index (χ2n) is 4.70. The van der Waals surface area contributed by atoms with E-state index in [9.17, 15) is 0 Å². The first-order valence-electron chi connectivity index (χ1n) is 6.38. The molecule has 2 rings (SSSR count). The Morgan fingerprint density at radius 1 is 1.47 bits per heavy atom. The van der Waals surface area contributed by atoms with E-state index in [1.165, 1.54) is 24.1 Å². The van der Waals surface area contributed by atoms with E-state index in [1.54, 1.807) is 0 Å². The summed E-state index contributed by atoms with van der Waals surface area (Å²) in [7, 11) is 0. The van der Waals surface area contributed by atoms with Crippen molar-refractivity contribution in [1.82, 2.24) is 0 Å². The van der Waals surface area contributed by atoms with E-state index in [-0.39, 0.29) is 0 Å². The first kappa shape index (κ1) is 12.0. The summed E-state index contributed by atoms with van der Waals surface area (Å²) in [5, 5.41) is 0. The average Bonchev–Trinajstić information content (AvgIpc) is 2.68. The number of aryl methyl sites for hydroxylation is 1. The Kier molecular flexibility index (Phi) is 3.67. The summed E-state index contributed by atoms with van der Waals surface area (Å²) in [6.45, 7) is 5.16. The molecule has 1 atom stereocenters. The van der Waals surface area contributed by atoms with Crippen LogP contribution in [0.2, 0.25) is 0 Å². The molecule has 1 aromatic rings. The maximum absolute atomic E-state index is 6.00. The third-order valence-corrected chi connectivity index (χ3v) is 3.25. The summed E-state index contributed by atoms with van der Waals surface area (Å²) < 4.78 is 0. The van der Waals surface area contributed by atoms with Gasteiger partial charge in [0.2, 0.25) is 0 Å². The SMILES string of the molecule is CCCCC1CN=C(N)N1c1cccc(C)c1. The van der Waals surface area contributed by atoms with Crippen LogP contribution in [0, 0.1) is 6.92 Å². The van der Waals surface area contributed by atoms with Crippen LogP contribution < -0.4 is 10.6 Å². The van der Waals surface area contributed by atoms with Gasteiger partial charge in [-0.15, -0.1) is 0 Å². The molecule has 17 heavy (non-hydrogen) atoms. The molecule has 0 aliphatic carbocycles. The summed E-state index contributed by atoms with van der Waals surface area (Å²) in [5.74, 6) is 0.664. The van der Waals surface area contributed by atoms with Gasteiger partial charge in [-0.25, -0.2) is 0 Å². The fourth-order valence-electron chi connectivity index (χ4n) is 2.32. The highest BCUT2D eigenvalue weighted by molar-refractivity contribution is 5.97. The largest absolute Gasteiger partial charge is 0.370 e. The molecule has 1 aromatic carbocycles. The van der Waals surface area contributed by atoms with Crippen LogP contribution in [0.5, 0.6) is 0 Å². The van der Waals surface area contributed by atoms with Crippen molar-refractivity contribution in [3.8, 4) is 0 Å². The number of nitrogens with zero attached hydrogens (tertiary/aromatic N) is 2. The second-order valence-corrected chi connectivity index (χ2v) is 4.70. The third-order valence-electron chi connectivity index (χ3n) is 3.25. The summed E-state index contributed by atoms with van der Waals surface area (Å²) in [6.07, 6.45) is 3.61. The van der Waals surface area contributed by atoms with Crippen molar-refractivity contribution in [1.29, 1.82) is 0 Å². The smallest absolute Gasteiger partial charge is 0.196 e. The minimum Gasteiger partial charge on any atom is -0.370 e. The summed E-state index contributed by atoms with van der Waals surface area (Å²) in [6, 6.07) is 8.91. The summed E-state index contributed by atoms with van der Waals surface area (Å²) in [5.41, 5.74) is 8.43. The first-order valence-corrected chi connectivity index (χ1v) is 6.38. The summed E-state index contributed by atoms with van der Waals surface area (Å²) in [4.78, 5) is 6.56. The zero-order valence-corrected chi connectivity index (χ0v) is 10.7. The van der Waals surface area contributed by atoms with Gasteiger partial charge in [0.15, 0.2) is 5.96 Å². The van der Waals surface area contributed by atoms with E-state index >= 15 is 0 Å². The zero-order chi connectivity index (χ0) is 12.3. The number of rotatable bonds is 4. The quantitative estimate of drug-likeness (QED) is 0.865.